The third-order valence-corrected chi connectivity index (χ3v) is 10.2. The molecule has 43 heavy (non-hydrogen) atoms. The molecule has 1 saturated carbocycles. The van der Waals surface area contributed by atoms with Gasteiger partial charge < -0.3 is 34.3 Å². The summed E-state index contributed by atoms with van der Waals surface area (Å²) >= 11 is 0. The van der Waals surface area contributed by atoms with E-state index >= 15 is 0 Å². The highest BCUT2D eigenvalue weighted by molar-refractivity contribution is 5.99. The smallest absolute Gasteiger partial charge is 0.338 e. The van der Waals surface area contributed by atoms with Crippen LogP contribution in [0, 0.1) is 16.2 Å². The van der Waals surface area contributed by atoms with Crippen LogP contribution in [0.25, 0.3) is 10.9 Å². The van der Waals surface area contributed by atoms with Crippen molar-refractivity contribution in [3.63, 3.8) is 0 Å². The second kappa shape index (κ2) is 8.82. The van der Waals surface area contributed by atoms with E-state index in [0.717, 1.165) is 16.5 Å². The molecule has 4 fully saturated rings. The minimum Gasteiger partial charge on any atom is -0.508 e. The number of aromatic hydroxyl groups is 1. The van der Waals surface area contributed by atoms with E-state index < -0.39 is 70.5 Å². The first-order valence-electron chi connectivity index (χ1n) is 14.3. The summed E-state index contributed by atoms with van der Waals surface area (Å²) in [7, 11) is 0. The Morgan fingerprint density at radius 1 is 1.12 bits per heavy atom. The zero-order valence-corrected chi connectivity index (χ0v) is 24.0. The summed E-state index contributed by atoms with van der Waals surface area (Å²) in [5.74, 6) is -2.76. The van der Waals surface area contributed by atoms with Gasteiger partial charge in [-0.3, -0.25) is 14.4 Å². The van der Waals surface area contributed by atoms with Crippen LogP contribution in [0.15, 0.2) is 54.7 Å². The zero-order valence-electron chi connectivity index (χ0n) is 24.0. The molecule has 3 N–H and O–H groups in total. The van der Waals surface area contributed by atoms with Gasteiger partial charge in [-0.15, -0.1) is 0 Å². The summed E-state index contributed by atoms with van der Waals surface area (Å²) < 4.78 is 17.7. The number of benzene rings is 2. The molecule has 1 aromatic heterocycles. The molecule has 3 saturated heterocycles. The highest BCUT2D eigenvalue weighted by atomic mass is 16.6. The molecule has 3 aromatic rings. The van der Waals surface area contributed by atoms with Crippen LogP contribution in [-0.4, -0.2) is 74.5 Å². The van der Waals surface area contributed by atoms with Gasteiger partial charge in [-0.05, 0) is 47.7 Å². The van der Waals surface area contributed by atoms with Crippen LogP contribution >= 0.6 is 0 Å². The van der Waals surface area contributed by atoms with Crippen LogP contribution in [0.3, 0.4) is 0 Å². The number of phenolic OH excluding ortho intramolecular Hbond substituents is 1. The van der Waals surface area contributed by atoms with E-state index in [9.17, 15) is 29.4 Å². The number of carbonyl (C=O) groups is 4. The molecule has 11 nitrogen and oxygen atoms in total. The number of likely N-dealkylation sites (tertiary alicyclic amines) is 1. The van der Waals surface area contributed by atoms with Gasteiger partial charge in [-0.1, -0.05) is 39.0 Å². The monoisotopic (exact) mass is 588 g/mol. The average molecular weight is 589 g/mol. The summed E-state index contributed by atoms with van der Waals surface area (Å²) in [6, 6.07) is 13.1. The van der Waals surface area contributed by atoms with Gasteiger partial charge in [0.2, 0.25) is 0 Å². The number of ether oxygens (including phenoxy) is 3. The lowest BCUT2D eigenvalue weighted by Gasteiger charge is -2.51. The number of esters is 3. The van der Waals surface area contributed by atoms with Crippen molar-refractivity contribution in [1.29, 1.82) is 0 Å². The maximum absolute atomic E-state index is 14.5. The minimum absolute atomic E-state index is 0.0380. The van der Waals surface area contributed by atoms with Gasteiger partial charge >= 0.3 is 17.9 Å². The molecular weight excluding hydrogens is 556 g/mol. The third-order valence-electron chi connectivity index (χ3n) is 10.2. The Bertz CT molecular complexity index is 1690. The molecule has 1 amide bonds. The lowest BCUT2D eigenvalue weighted by molar-refractivity contribution is -0.211. The second-order valence-electron chi connectivity index (χ2n) is 13.0. The van der Waals surface area contributed by atoms with E-state index in [1.165, 1.54) is 4.90 Å². The van der Waals surface area contributed by atoms with Crippen LogP contribution in [0.5, 0.6) is 5.75 Å². The highest BCUT2D eigenvalue weighted by Crippen LogP contribution is 2.76. The molecule has 7 rings (SSSR count). The molecule has 0 bridgehead atoms. The number of H-pyrrole nitrogens is 1. The summed E-state index contributed by atoms with van der Waals surface area (Å²) in [6.45, 7) is 5.37. The van der Waals surface area contributed by atoms with Gasteiger partial charge in [0.15, 0.2) is 12.3 Å². The summed E-state index contributed by atoms with van der Waals surface area (Å²) in [6.07, 6.45) is -2.52. The molecule has 224 valence electrons. The van der Waals surface area contributed by atoms with E-state index in [4.69, 9.17) is 14.2 Å². The first-order valence-corrected chi connectivity index (χ1v) is 14.3. The molecule has 4 aliphatic rings. The highest BCUT2D eigenvalue weighted by Gasteiger charge is 2.93. The van der Waals surface area contributed by atoms with Gasteiger partial charge in [-0.25, -0.2) is 4.79 Å². The second-order valence-corrected chi connectivity index (χ2v) is 13.0. The zero-order chi connectivity index (χ0) is 30.5. The van der Waals surface area contributed by atoms with Crippen molar-refractivity contribution >= 4 is 34.7 Å². The Morgan fingerprint density at radius 2 is 1.86 bits per heavy atom. The average Bonchev–Trinajstić information content (AvgIpc) is 3.68. The van der Waals surface area contributed by atoms with E-state index in [-0.39, 0.29) is 24.3 Å². The Kier molecular flexibility index (Phi) is 5.63. The minimum atomic E-state index is -1.84. The topological polar surface area (TPSA) is 155 Å². The van der Waals surface area contributed by atoms with Crippen molar-refractivity contribution in [3.8, 4) is 5.75 Å². The fourth-order valence-electron chi connectivity index (χ4n) is 8.19. The molecule has 11 heteroatoms. The normalized spacial score (nSPS) is 32.9. The lowest BCUT2D eigenvalue weighted by atomic mass is 9.52. The van der Waals surface area contributed by atoms with Gasteiger partial charge in [0.05, 0.1) is 17.6 Å². The summed E-state index contributed by atoms with van der Waals surface area (Å²) in [5, 5.41) is 23.6. The number of phenols is 1. The standard InChI is InChI=1S/C32H32N2O9/c1-29(2,3)31(40)14-22-30(15-23(36)41-22)28(39)43-27-32(30,31)24(42-26(38)17-7-5-4-6-8-17)25(37)34(27)12-11-18-16-33-21-10-9-19(35)13-20(18)21/h4-10,13,16,22,24,27,33,35,40H,11-12,14-15H2,1-3H3/t22-,24-,27-,30?,31+,32?/m0/s1. The van der Waals surface area contributed by atoms with E-state index in [1.807, 2.05) is 0 Å². The number of rotatable bonds is 5. The summed E-state index contributed by atoms with van der Waals surface area (Å²) in [4.78, 5) is 59.2. The number of aromatic amines is 1. The van der Waals surface area contributed by atoms with Crippen LogP contribution in [0.2, 0.25) is 0 Å². The molecule has 2 unspecified atom stereocenters. The van der Waals surface area contributed by atoms with Crippen LogP contribution in [-0.2, 0) is 35.0 Å². The number of aromatic nitrogens is 1. The Morgan fingerprint density at radius 3 is 2.58 bits per heavy atom. The first kappa shape index (κ1) is 27.5. The molecule has 1 aliphatic carbocycles. The molecule has 2 aromatic carbocycles. The SMILES string of the molecule is CC(C)(C)[C@]1(O)C[C@@H]2OC(=O)CC23C(=O)O[C@@H]2N(CCc4c[nH]c5ccc(O)cc45)C(=O)[C@H](OC(=O)c4ccccc4)C231. The van der Waals surface area contributed by atoms with Gasteiger partial charge in [0.1, 0.15) is 22.7 Å². The van der Waals surface area contributed by atoms with Gasteiger partial charge in [-0.2, -0.15) is 0 Å². The fraction of sp³-hybridized carbons (Fsp3) is 0.438. The van der Waals surface area contributed by atoms with Crippen molar-refractivity contribution in [2.75, 3.05) is 6.54 Å². The fourth-order valence-corrected chi connectivity index (χ4v) is 8.19. The predicted molar refractivity (Wildman–Crippen MR) is 149 cm³/mol. The van der Waals surface area contributed by atoms with Crippen molar-refractivity contribution in [2.24, 2.45) is 16.2 Å². The Balaban J connectivity index is 1.37. The third kappa shape index (κ3) is 3.34. The number of carbonyl (C=O) groups excluding carboxylic acids is 4. The summed E-state index contributed by atoms with van der Waals surface area (Å²) in [5.41, 5.74) is -4.60. The Hall–Kier alpha value is -4.38. The molecule has 2 spiro atoms. The maximum atomic E-state index is 14.5. The maximum Gasteiger partial charge on any atom is 0.338 e. The predicted octanol–water partition coefficient (Wildman–Crippen LogP) is 2.84. The van der Waals surface area contributed by atoms with E-state index in [0.29, 0.717) is 6.42 Å². The quantitative estimate of drug-likeness (QED) is 0.301. The molecule has 6 atom stereocenters. The number of fused-ring (bicyclic) bond motifs is 1. The molecule has 0 radical (unpaired) electrons. The van der Waals surface area contributed by atoms with Gasteiger partial charge in [0, 0.05) is 30.1 Å². The van der Waals surface area contributed by atoms with Crippen LogP contribution in [0.4, 0.5) is 0 Å². The number of amides is 1. The van der Waals surface area contributed by atoms with Crippen molar-refractivity contribution in [3.05, 3.63) is 65.9 Å². The van der Waals surface area contributed by atoms with Gasteiger partial charge in [0.25, 0.3) is 5.91 Å². The molecule has 4 heterocycles. The van der Waals surface area contributed by atoms with Crippen molar-refractivity contribution < 1.29 is 43.6 Å². The largest absolute Gasteiger partial charge is 0.508 e. The number of aliphatic hydroxyl groups is 1. The van der Waals surface area contributed by atoms with Crippen molar-refractivity contribution in [1.82, 2.24) is 9.88 Å². The number of nitrogens with zero attached hydrogens (tertiary/aromatic N) is 1. The number of hydrogen-bond acceptors (Lipinski definition) is 9. The molecular formula is C32H32N2O9. The van der Waals surface area contributed by atoms with Crippen molar-refractivity contribution in [2.45, 2.75) is 64.1 Å². The first-order chi connectivity index (χ1) is 20.3. The number of hydrogen-bond donors (Lipinski definition) is 3. The van der Waals surface area contributed by atoms with E-state index in [1.54, 1.807) is 75.5 Å². The molecule has 3 aliphatic heterocycles. The Labute approximate surface area is 246 Å². The number of nitrogens with one attached hydrogen (secondary N) is 1. The lowest BCUT2D eigenvalue weighted by Crippen LogP contribution is -2.66. The van der Waals surface area contributed by atoms with Crippen LogP contribution in [0.1, 0.15) is 49.5 Å². The van der Waals surface area contributed by atoms with Crippen LogP contribution < -0.4 is 0 Å². The van der Waals surface area contributed by atoms with E-state index in [2.05, 4.69) is 4.98 Å².